The Morgan fingerprint density at radius 1 is 1.09 bits per heavy atom. The molecule has 1 aliphatic heterocycles. The lowest BCUT2D eigenvalue weighted by Gasteiger charge is -2.11. The molecule has 1 amide bonds. The summed E-state index contributed by atoms with van der Waals surface area (Å²) in [6.07, 6.45) is 2.03. The predicted molar refractivity (Wildman–Crippen MR) is 129 cm³/mol. The zero-order valence-corrected chi connectivity index (χ0v) is 18.9. The van der Waals surface area contributed by atoms with Gasteiger partial charge in [0, 0.05) is 11.8 Å². The Balaban J connectivity index is 1.25. The van der Waals surface area contributed by atoms with Crippen LogP contribution in [0.5, 0.6) is 17.2 Å². The summed E-state index contributed by atoms with van der Waals surface area (Å²) in [4.78, 5) is 17.5. The van der Waals surface area contributed by atoms with Crippen LogP contribution in [0.25, 0.3) is 11.0 Å². The molecule has 33 heavy (non-hydrogen) atoms. The Labute approximate surface area is 195 Å². The molecule has 0 unspecified atom stereocenters. The molecule has 1 aliphatic rings. The summed E-state index contributed by atoms with van der Waals surface area (Å²) in [5.41, 5.74) is 3.53. The van der Waals surface area contributed by atoms with Gasteiger partial charge in [-0.1, -0.05) is 24.3 Å². The first kappa shape index (κ1) is 21.2. The van der Waals surface area contributed by atoms with Gasteiger partial charge in [-0.15, -0.1) is 0 Å². The van der Waals surface area contributed by atoms with E-state index in [0.29, 0.717) is 18.1 Å². The number of carbonyl (C=O) groups is 1. The molecule has 168 valence electrons. The van der Waals surface area contributed by atoms with Gasteiger partial charge in [0.1, 0.15) is 24.7 Å². The molecule has 0 spiro atoms. The van der Waals surface area contributed by atoms with E-state index in [-0.39, 0.29) is 19.2 Å². The number of para-hydroxylation sites is 2. The Bertz CT molecular complexity index is 1300. The molecule has 0 atom stereocenters. The molecule has 3 aromatic carbocycles. The van der Waals surface area contributed by atoms with E-state index in [0.717, 1.165) is 39.6 Å². The van der Waals surface area contributed by atoms with Crippen LogP contribution in [0.4, 0.5) is 5.69 Å². The molecule has 0 bridgehead atoms. The van der Waals surface area contributed by atoms with Gasteiger partial charge >= 0.3 is 0 Å². The highest BCUT2D eigenvalue weighted by Crippen LogP contribution is 2.35. The highest BCUT2D eigenvalue weighted by atomic mass is 32.2. The van der Waals surface area contributed by atoms with E-state index in [1.54, 1.807) is 11.8 Å². The Morgan fingerprint density at radius 3 is 2.88 bits per heavy atom. The summed E-state index contributed by atoms with van der Waals surface area (Å²) in [7, 11) is 0. The molecule has 0 fully saturated rings. The number of hydrogen-bond acceptors (Lipinski definition) is 6. The third kappa shape index (κ3) is 4.75. The van der Waals surface area contributed by atoms with Crippen molar-refractivity contribution in [1.29, 1.82) is 0 Å². The van der Waals surface area contributed by atoms with Gasteiger partial charge in [0.25, 0.3) is 0 Å². The quantitative estimate of drug-likeness (QED) is 0.405. The normalized spacial score (nSPS) is 12.2. The van der Waals surface area contributed by atoms with Crippen molar-refractivity contribution in [2.24, 2.45) is 0 Å². The number of thioether (sulfide) groups is 1. The number of rotatable bonds is 8. The maximum absolute atomic E-state index is 12.9. The molecule has 7 nitrogen and oxygen atoms in total. The molecule has 0 saturated heterocycles. The van der Waals surface area contributed by atoms with Crippen molar-refractivity contribution >= 4 is 34.4 Å². The maximum atomic E-state index is 12.9. The van der Waals surface area contributed by atoms with Gasteiger partial charge in [0.15, 0.2) is 11.5 Å². The van der Waals surface area contributed by atoms with E-state index in [1.807, 2.05) is 77.6 Å². The molecule has 1 aromatic heterocycles. The number of anilines is 1. The molecule has 0 aliphatic carbocycles. The van der Waals surface area contributed by atoms with Gasteiger partial charge in [-0.3, -0.25) is 4.79 Å². The minimum absolute atomic E-state index is 0.102. The van der Waals surface area contributed by atoms with E-state index in [4.69, 9.17) is 14.2 Å². The molecule has 8 heteroatoms. The van der Waals surface area contributed by atoms with Crippen LogP contribution in [0, 0.1) is 0 Å². The van der Waals surface area contributed by atoms with Crippen molar-refractivity contribution in [1.82, 2.24) is 9.55 Å². The second kappa shape index (κ2) is 9.46. The predicted octanol–water partition coefficient (Wildman–Crippen LogP) is 4.85. The first-order valence-electron chi connectivity index (χ1n) is 10.5. The number of ether oxygens (including phenoxy) is 3. The second-order valence-corrected chi connectivity index (χ2v) is 8.45. The Hall–Kier alpha value is -3.65. The van der Waals surface area contributed by atoms with Crippen molar-refractivity contribution in [2.45, 2.75) is 18.9 Å². The second-order valence-electron chi connectivity index (χ2n) is 7.59. The number of nitrogens with one attached hydrogen (secondary N) is 1. The van der Waals surface area contributed by atoms with Crippen molar-refractivity contribution < 1.29 is 19.0 Å². The van der Waals surface area contributed by atoms with Crippen molar-refractivity contribution in [3.8, 4) is 17.2 Å². The minimum Gasteiger partial charge on any atom is -0.489 e. The average molecular weight is 462 g/mol. The van der Waals surface area contributed by atoms with E-state index in [2.05, 4.69) is 10.3 Å². The standard InChI is InChI=1S/C25H23N3O4S/c1-33-15-24-27-20-7-2-3-8-21(20)28(24)13-25(29)26-18-6-4-5-17(11-18)14-30-19-9-10-22-23(12-19)32-16-31-22/h2-12H,13-16H2,1H3,(H,26,29). The topological polar surface area (TPSA) is 74.6 Å². The molecule has 4 aromatic rings. The lowest BCUT2D eigenvalue weighted by Crippen LogP contribution is -2.20. The third-order valence-corrected chi connectivity index (χ3v) is 5.82. The molecule has 2 heterocycles. The van der Waals surface area contributed by atoms with Gasteiger partial charge in [0.05, 0.1) is 16.8 Å². The Morgan fingerprint density at radius 2 is 1.97 bits per heavy atom. The highest BCUT2D eigenvalue weighted by molar-refractivity contribution is 7.97. The van der Waals surface area contributed by atoms with Gasteiger partial charge in [0.2, 0.25) is 12.7 Å². The third-order valence-electron chi connectivity index (χ3n) is 5.27. The first-order chi connectivity index (χ1) is 16.2. The molecule has 1 N–H and O–H groups in total. The largest absolute Gasteiger partial charge is 0.489 e. The van der Waals surface area contributed by atoms with Crippen LogP contribution >= 0.6 is 11.8 Å². The number of aromatic nitrogens is 2. The average Bonchev–Trinajstić information content (AvgIpc) is 3.43. The Kier molecular flexibility index (Phi) is 6.08. The van der Waals surface area contributed by atoms with Crippen LogP contribution in [0.3, 0.4) is 0 Å². The number of amides is 1. The van der Waals surface area contributed by atoms with Gasteiger partial charge in [-0.25, -0.2) is 4.98 Å². The summed E-state index contributed by atoms with van der Waals surface area (Å²) < 4.78 is 18.6. The van der Waals surface area contributed by atoms with Crippen LogP contribution in [-0.2, 0) is 23.7 Å². The smallest absolute Gasteiger partial charge is 0.244 e. The van der Waals surface area contributed by atoms with Crippen LogP contribution in [0.1, 0.15) is 11.4 Å². The van der Waals surface area contributed by atoms with Gasteiger partial charge in [-0.05, 0) is 48.2 Å². The van der Waals surface area contributed by atoms with Crippen molar-refractivity contribution in [2.75, 3.05) is 18.4 Å². The maximum Gasteiger partial charge on any atom is 0.244 e. The number of fused-ring (bicyclic) bond motifs is 2. The highest BCUT2D eigenvalue weighted by Gasteiger charge is 2.15. The zero-order valence-electron chi connectivity index (χ0n) is 18.1. The summed E-state index contributed by atoms with van der Waals surface area (Å²) in [6.45, 7) is 0.801. The van der Waals surface area contributed by atoms with Gasteiger partial charge in [-0.2, -0.15) is 11.8 Å². The number of hydrogen-bond donors (Lipinski definition) is 1. The minimum atomic E-state index is -0.102. The first-order valence-corrected chi connectivity index (χ1v) is 11.9. The molecule has 5 rings (SSSR count). The number of carbonyl (C=O) groups excluding carboxylic acids is 1. The monoisotopic (exact) mass is 461 g/mol. The fourth-order valence-electron chi connectivity index (χ4n) is 3.76. The fraction of sp³-hybridized carbons (Fsp3) is 0.200. The molecule has 0 saturated carbocycles. The molecular weight excluding hydrogens is 438 g/mol. The van der Waals surface area contributed by atoms with Gasteiger partial charge < -0.3 is 24.1 Å². The van der Waals surface area contributed by atoms with Crippen LogP contribution in [0.2, 0.25) is 0 Å². The van der Waals surface area contributed by atoms with E-state index < -0.39 is 0 Å². The van der Waals surface area contributed by atoms with Crippen LogP contribution in [-0.4, -0.2) is 28.5 Å². The van der Waals surface area contributed by atoms with Crippen molar-refractivity contribution in [3.63, 3.8) is 0 Å². The van der Waals surface area contributed by atoms with Crippen molar-refractivity contribution in [3.05, 3.63) is 78.1 Å². The summed E-state index contributed by atoms with van der Waals surface area (Å²) in [5.74, 6) is 3.63. The zero-order chi connectivity index (χ0) is 22.6. The van der Waals surface area contributed by atoms with E-state index in [1.165, 1.54) is 0 Å². The number of imidazole rings is 1. The number of benzene rings is 3. The summed E-state index contributed by atoms with van der Waals surface area (Å²) in [5, 5.41) is 3.00. The molecular formula is C25H23N3O4S. The lowest BCUT2D eigenvalue weighted by atomic mass is 10.2. The SMILES string of the molecule is CSCc1nc2ccccc2n1CC(=O)Nc1cccc(COc2ccc3c(c2)OCO3)c1. The van der Waals surface area contributed by atoms with Crippen LogP contribution in [0.15, 0.2) is 66.7 Å². The lowest BCUT2D eigenvalue weighted by molar-refractivity contribution is -0.116. The molecule has 0 radical (unpaired) electrons. The summed E-state index contributed by atoms with van der Waals surface area (Å²) in [6, 6.07) is 21.0. The van der Waals surface area contributed by atoms with Crippen LogP contribution < -0.4 is 19.5 Å². The fourth-order valence-corrected chi connectivity index (χ4v) is 4.24. The number of nitrogens with zero attached hydrogens (tertiary/aromatic N) is 2. The van der Waals surface area contributed by atoms with E-state index >= 15 is 0 Å². The van der Waals surface area contributed by atoms with E-state index in [9.17, 15) is 4.79 Å². The summed E-state index contributed by atoms with van der Waals surface area (Å²) >= 11 is 1.68.